The molecule has 11 heteroatoms. The van der Waals surface area contributed by atoms with Gasteiger partial charge in [0, 0.05) is 21.4 Å². The summed E-state index contributed by atoms with van der Waals surface area (Å²) in [5.74, 6) is -0.775. The summed E-state index contributed by atoms with van der Waals surface area (Å²) < 4.78 is 6.54. The fourth-order valence-electron chi connectivity index (χ4n) is 5.48. The normalized spacial score (nSPS) is 16.0. The number of amides is 1. The third-order valence-electron chi connectivity index (χ3n) is 8.12. The molecule has 1 N–H and O–H groups in total. The van der Waals surface area contributed by atoms with Gasteiger partial charge in [-0.3, -0.25) is 14.5 Å². The van der Waals surface area contributed by atoms with Crippen LogP contribution in [-0.2, 0) is 27.4 Å². The number of ether oxygens (including phenoxy) is 1. The van der Waals surface area contributed by atoms with Gasteiger partial charge in [0.25, 0.3) is 5.78 Å². The highest BCUT2D eigenvalue weighted by molar-refractivity contribution is 8.00. The van der Waals surface area contributed by atoms with E-state index in [0.29, 0.717) is 43.6 Å². The molecule has 1 unspecified atom stereocenters. The zero-order valence-electron chi connectivity index (χ0n) is 27.2. The Hall–Kier alpha value is -4.15. The molecule has 1 aliphatic rings. The van der Waals surface area contributed by atoms with Crippen LogP contribution >= 0.6 is 46.3 Å². The van der Waals surface area contributed by atoms with Gasteiger partial charge in [0.2, 0.25) is 5.13 Å². The maximum absolute atomic E-state index is 13.7. The van der Waals surface area contributed by atoms with E-state index in [0.717, 1.165) is 22.3 Å². The Morgan fingerprint density at radius 1 is 0.959 bits per heavy atom. The number of rotatable bonds is 9. The number of aryl methyl sites for hydroxylation is 1. The van der Waals surface area contributed by atoms with Gasteiger partial charge in [-0.2, -0.15) is 0 Å². The molecular weight excluding hydrogens is 697 g/mol. The number of aromatic nitrogens is 2. The number of anilines is 1. The third-order valence-corrected chi connectivity index (χ3v) is 10.8. The molecule has 0 spiro atoms. The van der Waals surface area contributed by atoms with Crippen molar-refractivity contribution in [3.05, 3.63) is 140 Å². The highest BCUT2D eigenvalue weighted by Crippen LogP contribution is 2.44. The molecule has 1 saturated heterocycles. The van der Waals surface area contributed by atoms with E-state index in [-0.39, 0.29) is 21.9 Å². The van der Waals surface area contributed by atoms with Crippen molar-refractivity contribution < 1.29 is 19.4 Å². The van der Waals surface area contributed by atoms with Gasteiger partial charge in [0.05, 0.1) is 11.6 Å². The second kappa shape index (κ2) is 14.4. The van der Waals surface area contributed by atoms with Crippen molar-refractivity contribution >= 4 is 68.9 Å². The Morgan fingerprint density at radius 3 is 2.37 bits per heavy atom. The van der Waals surface area contributed by atoms with Crippen molar-refractivity contribution in [3.8, 4) is 5.75 Å². The predicted molar refractivity (Wildman–Crippen MR) is 198 cm³/mol. The fourth-order valence-corrected chi connectivity index (χ4v) is 7.91. The lowest BCUT2D eigenvalue weighted by Crippen LogP contribution is -2.29. The second-order valence-electron chi connectivity index (χ2n) is 12.7. The van der Waals surface area contributed by atoms with Crippen LogP contribution in [0.1, 0.15) is 60.2 Å². The quantitative estimate of drug-likeness (QED) is 0.0531. The smallest absolute Gasteiger partial charge is 0.301 e. The average Bonchev–Trinajstić information content (AvgIpc) is 3.64. The number of ketones is 1. The van der Waals surface area contributed by atoms with Crippen LogP contribution in [0.4, 0.5) is 5.13 Å². The predicted octanol–water partition coefficient (Wildman–Crippen LogP) is 9.95. The minimum atomic E-state index is -0.928. The van der Waals surface area contributed by atoms with Gasteiger partial charge in [0.15, 0.2) is 4.34 Å². The van der Waals surface area contributed by atoms with Crippen molar-refractivity contribution in [2.45, 2.75) is 55.9 Å². The van der Waals surface area contributed by atoms with E-state index >= 15 is 0 Å². The van der Waals surface area contributed by atoms with E-state index in [1.165, 1.54) is 28.0 Å². The first-order valence-electron chi connectivity index (χ1n) is 15.5. The van der Waals surface area contributed by atoms with E-state index in [1.807, 2.05) is 55.5 Å². The maximum atomic E-state index is 13.7. The van der Waals surface area contributed by atoms with Gasteiger partial charge < -0.3 is 9.84 Å². The molecule has 49 heavy (non-hydrogen) atoms. The number of thioether (sulfide) groups is 1. The molecule has 5 aromatic rings. The van der Waals surface area contributed by atoms with Crippen LogP contribution in [0.15, 0.2) is 101 Å². The molecule has 1 atom stereocenters. The van der Waals surface area contributed by atoms with Gasteiger partial charge in [-0.05, 0) is 71.0 Å². The molecule has 2 heterocycles. The maximum Gasteiger partial charge on any atom is 0.301 e. The first-order chi connectivity index (χ1) is 23.4. The third kappa shape index (κ3) is 7.70. The molecule has 6 rings (SSSR count). The molecular formula is C38H33Cl2N3O4S2. The molecule has 7 nitrogen and oxygen atoms in total. The summed E-state index contributed by atoms with van der Waals surface area (Å²) in [6.45, 7) is 8.75. The van der Waals surface area contributed by atoms with Crippen LogP contribution in [0, 0.1) is 6.92 Å². The number of halogens is 2. The minimum Gasteiger partial charge on any atom is -0.507 e. The summed E-state index contributed by atoms with van der Waals surface area (Å²) in [6.07, 6.45) is 0. The molecule has 0 saturated carbocycles. The van der Waals surface area contributed by atoms with E-state index in [9.17, 15) is 14.7 Å². The average molecular weight is 731 g/mol. The number of nitrogens with zero attached hydrogens (tertiary/aromatic N) is 3. The number of aliphatic hydroxyl groups is 1. The van der Waals surface area contributed by atoms with Crippen LogP contribution < -0.4 is 9.64 Å². The van der Waals surface area contributed by atoms with Crippen molar-refractivity contribution in [1.29, 1.82) is 0 Å². The molecule has 0 bridgehead atoms. The SMILES string of the molecule is Cc1cccc(COc2ccc(C(O)=C3C(=O)C(=O)N(c4nnc(SCc5ccc(Cl)cc5Cl)s4)C3c3ccc(C(C)(C)C)cc3)cc2)c1. The summed E-state index contributed by atoms with van der Waals surface area (Å²) in [5, 5.41) is 21.6. The Kier molecular flexibility index (Phi) is 10.2. The van der Waals surface area contributed by atoms with Gasteiger partial charge in [-0.15, -0.1) is 10.2 Å². The van der Waals surface area contributed by atoms with Gasteiger partial charge in [0.1, 0.15) is 18.1 Å². The number of benzene rings is 4. The van der Waals surface area contributed by atoms with E-state index in [4.69, 9.17) is 27.9 Å². The number of aliphatic hydroxyl groups excluding tert-OH is 1. The Labute approximate surface area is 303 Å². The van der Waals surface area contributed by atoms with Crippen LogP contribution in [-0.4, -0.2) is 27.0 Å². The zero-order valence-corrected chi connectivity index (χ0v) is 30.4. The number of carbonyl (C=O) groups is 2. The lowest BCUT2D eigenvalue weighted by molar-refractivity contribution is -0.132. The second-order valence-corrected chi connectivity index (χ2v) is 15.7. The zero-order chi connectivity index (χ0) is 34.9. The molecule has 250 valence electrons. The number of Topliss-reactive ketones (excluding diaryl/α,β-unsaturated/α-hetero) is 1. The van der Waals surface area contributed by atoms with Crippen molar-refractivity contribution in [3.63, 3.8) is 0 Å². The fraction of sp³-hybridized carbons (Fsp3) is 0.211. The standard InChI is InChI=1S/C38H33Cl2N3O4S2/c1-22-6-5-7-23(18-22)20-47-29-16-11-25(12-17-29)33(44)31-32(24-8-13-27(14-9-24)38(2,3)4)43(35(46)34(31)45)36-41-42-37(49-36)48-21-26-10-15-28(39)19-30(26)40/h5-19,32,44H,20-21H2,1-4H3. The van der Waals surface area contributed by atoms with Crippen molar-refractivity contribution in [1.82, 2.24) is 10.2 Å². The van der Waals surface area contributed by atoms with Crippen LogP contribution in [0.25, 0.3) is 5.76 Å². The van der Waals surface area contributed by atoms with E-state index in [1.54, 1.807) is 36.4 Å². The summed E-state index contributed by atoms with van der Waals surface area (Å²) in [6, 6.07) is 27.0. The first kappa shape index (κ1) is 34.7. The van der Waals surface area contributed by atoms with Crippen molar-refractivity contribution in [2.75, 3.05) is 4.90 Å². The van der Waals surface area contributed by atoms with Gasteiger partial charge in [-0.25, -0.2) is 0 Å². The summed E-state index contributed by atoms with van der Waals surface area (Å²) in [7, 11) is 0. The highest BCUT2D eigenvalue weighted by atomic mass is 35.5. The Bertz CT molecular complexity index is 2050. The topological polar surface area (TPSA) is 92.6 Å². The minimum absolute atomic E-state index is 0.0284. The number of hydrogen-bond donors (Lipinski definition) is 1. The molecule has 1 amide bonds. The van der Waals surface area contributed by atoms with Gasteiger partial charge in [-0.1, -0.05) is 127 Å². The van der Waals surface area contributed by atoms with Crippen molar-refractivity contribution in [2.24, 2.45) is 0 Å². The molecule has 4 aromatic carbocycles. The number of carbonyl (C=O) groups excluding carboxylic acids is 2. The monoisotopic (exact) mass is 729 g/mol. The number of hydrogen-bond acceptors (Lipinski definition) is 8. The Morgan fingerprint density at radius 2 is 1.69 bits per heavy atom. The van der Waals surface area contributed by atoms with E-state index < -0.39 is 17.7 Å². The molecule has 1 fully saturated rings. The molecule has 0 radical (unpaired) electrons. The van der Waals surface area contributed by atoms with Crippen LogP contribution in [0.5, 0.6) is 5.75 Å². The lowest BCUT2D eigenvalue weighted by Gasteiger charge is -2.24. The largest absolute Gasteiger partial charge is 0.507 e. The first-order valence-corrected chi connectivity index (χ1v) is 18.1. The van der Waals surface area contributed by atoms with Crippen LogP contribution in [0.2, 0.25) is 10.0 Å². The highest BCUT2D eigenvalue weighted by Gasteiger charge is 2.48. The molecule has 1 aromatic heterocycles. The summed E-state index contributed by atoms with van der Waals surface area (Å²) in [4.78, 5) is 28.8. The molecule has 0 aliphatic carbocycles. The molecule has 1 aliphatic heterocycles. The van der Waals surface area contributed by atoms with E-state index in [2.05, 4.69) is 37.0 Å². The Balaban J connectivity index is 1.32. The lowest BCUT2D eigenvalue weighted by atomic mass is 9.85. The van der Waals surface area contributed by atoms with Gasteiger partial charge >= 0.3 is 5.91 Å². The summed E-state index contributed by atoms with van der Waals surface area (Å²) in [5.41, 5.74) is 5.04. The van der Waals surface area contributed by atoms with Crippen LogP contribution in [0.3, 0.4) is 0 Å². The summed E-state index contributed by atoms with van der Waals surface area (Å²) >= 11 is 15.0.